The highest BCUT2D eigenvalue weighted by atomic mass is 15.2. The van der Waals surface area contributed by atoms with Crippen molar-refractivity contribution in [3.05, 3.63) is 241 Å². The molecule has 0 amide bonds. The van der Waals surface area contributed by atoms with Gasteiger partial charge in [0.15, 0.2) is 0 Å². The van der Waals surface area contributed by atoms with Gasteiger partial charge in [-0.3, -0.25) is 0 Å². The van der Waals surface area contributed by atoms with Crippen LogP contribution in [-0.2, 0) is 5.41 Å². The van der Waals surface area contributed by atoms with Crippen molar-refractivity contribution in [2.24, 2.45) is 0 Å². The molecule has 13 rings (SSSR count). The molecule has 0 radical (unpaired) electrons. The van der Waals surface area contributed by atoms with Crippen molar-refractivity contribution in [3.8, 4) is 33.4 Å². The van der Waals surface area contributed by atoms with Gasteiger partial charge in [0.1, 0.15) is 0 Å². The van der Waals surface area contributed by atoms with Crippen molar-refractivity contribution >= 4 is 55.7 Å². The molecule has 0 bridgehead atoms. The van der Waals surface area contributed by atoms with E-state index < -0.39 is 5.41 Å². The van der Waals surface area contributed by atoms with Crippen LogP contribution < -0.4 is 9.80 Å². The lowest BCUT2D eigenvalue weighted by Crippen LogP contribution is -2.26. The SMILES string of the molecule is c1ccc2c(c1)-c1cccc3cccc(c13)N2c1ccc(N(c2ccc3c(c2)C2(c4ccccc4-c4ccccc42)c2ccccc2-3)c2cccc3ccccc23)cc1. The number of rotatable bonds is 4. The van der Waals surface area contributed by atoms with E-state index in [9.17, 15) is 0 Å². The first-order valence-corrected chi connectivity index (χ1v) is 20.5. The fourth-order valence-electron chi connectivity index (χ4n) is 10.8. The Bertz CT molecular complexity index is 3280. The molecule has 274 valence electrons. The number of hydrogen-bond acceptors (Lipinski definition) is 2. The first kappa shape index (κ1) is 32.4. The summed E-state index contributed by atoms with van der Waals surface area (Å²) >= 11 is 0. The number of para-hydroxylation sites is 1. The fourth-order valence-corrected chi connectivity index (χ4v) is 10.8. The largest absolute Gasteiger partial charge is 0.310 e. The molecule has 0 N–H and O–H groups in total. The van der Waals surface area contributed by atoms with Crippen LogP contribution in [0.15, 0.2) is 218 Å². The molecule has 0 fully saturated rings. The normalized spacial score (nSPS) is 13.5. The maximum atomic E-state index is 2.49. The highest BCUT2D eigenvalue weighted by molar-refractivity contribution is 6.14. The summed E-state index contributed by atoms with van der Waals surface area (Å²) in [5.41, 5.74) is 19.6. The average molecular weight is 749 g/mol. The molecule has 3 aliphatic rings. The molecule has 0 aromatic heterocycles. The monoisotopic (exact) mass is 748 g/mol. The van der Waals surface area contributed by atoms with Crippen molar-refractivity contribution in [3.63, 3.8) is 0 Å². The molecule has 10 aromatic rings. The van der Waals surface area contributed by atoms with Crippen molar-refractivity contribution in [2.75, 3.05) is 9.80 Å². The van der Waals surface area contributed by atoms with Crippen LogP contribution in [0.3, 0.4) is 0 Å². The Kier molecular flexibility index (Phi) is 6.68. The highest BCUT2D eigenvalue weighted by Crippen LogP contribution is 2.63. The minimum Gasteiger partial charge on any atom is -0.310 e. The minimum atomic E-state index is -0.428. The molecule has 0 saturated heterocycles. The Balaban J connectivity index is 1.03. The quantitative estimate of drug-likeness (QED) is 0.177. The van der Waals surface area contributed by atoms with Gasteiger partial charge in [-0.2, -0.15) is 0 Å². The lowest BCUT2D eigenvalue weighted by atomic mass is 9.70. The van der Waals surface area contributed by atoms with Crippen molar-refractivity contribution in [2.45, 2.75) is 5.41 Å². The van der Waals surface area contributed by atoms with Gasteiger partial charge in [0.25, 0.3) is 0 Å². The zero-order valence-corrected chi connectivity index (χ0v) is 32.2. The Morgan fingerprint density at radius 1 is 0.339 bits per heavy atom. The lowest BCUT2D eigenvalue weighted by Gasteiger charge is -2.34. The van der Waals surface area contributed by atoms with Gasteiger partial charge >= 0.3 is 0 Å². The van der Waals surface area contributed by atoms with Crippen LogP contribution in [0.1, 0.15) is 22.3 Å². The summed E-state index contributed by atoms with van der Waals surface area (Å²) in [7, 11) is 0. The third kappa shape index (κ3) is 4.35. The molecule has 0 atom stereocenters. The average Bonchev–Trinajstić information content (AvgIpc) is 3.77. The van der Waals surface area contributed by atoms with Gasteiger partial charge in [0, 0.05) is 33.4 Å². The number of fused-ring (bicyclic) bond motifs is 13. The van der Waals surface area contributed by atoms with Crippen LogP contribution in [0.4, 0.5) is 34.1 Å². The Morgan fingerprint density at radius 2 is 0.847 bits per heavy atom. The van der Waals surface area contributed by atoms with Crippen molar-refractivity contribution < 1.29 is 0 Å². The summed E-state index contributed by atoms with van der Waals surface area (Å²) in [6.45, 7) is 0. The summed E-state index contributed by atoms with van der Waals surface area (Å²) in [6.07, 6.45) is 0. The molecule has 1 heterocycles. The summed E-state index contributed by atoms with van der Waals surface area (Å²) in [6, 6.07) is 81.1. The first-order valence-electron chi connectivity index (χ1n) is 20.5. The van der Waals surface area contributed by atoms with Crippen molar-refractivity contribution in [1.29, 1.82) is 0 Å². The zero-order valence-electron chi connectivity index (χ0n) is 32.2. The van der Waals surface area contributed by atoms with E-state index >= 15 is 0 Å². The van der Waals surface area contributed by atoms with Crippen LogP contribution in [0, 0.1) is 0 Å². The van der Waals surface area contributed by atoms with E-state index in [0.717, 1.165) is 22.7 Å². The third-order valence-electron chi connectivity index (χ3n) is 13.2. The summed E-state index contributed by atoms with van der Waals surface area (Å²) in [5.74, 6) is 0. The molecular formula is C57H36N2. The van der Waals surface area contributed by atoms with Crippen LogP contribution in [0.25, 0.3) is 54.9 Å². The predicted octanol–water partition coefficient (Wildman–Crippen LogP) is 15.3. The maximum Gasteiger partial charge on any atom is 0.0726 e. The Morgan fingerprint density at radius 3 is 1.58 bits per heavy atom. The van der Waals surface area contributed by atoms with Crippen LogP contribution >= 0.6 is 0 Å². The number of hydrogen-bond donors (Lipinski definition) is 0. The number of benzene rings is 10. The topological polar surface area (TPSA) is 6.48 Å². The molecule has 2 aliphatic carbocycles. The summed E-state index contributed by atoms with van der Waals surface area (Å²) in [4.78, 5) is 4.90. The smallest absolute Gasteiger partial charge is 0.0726 e. The molecule has 1 spiro atoms. The van der Waals surface area contributed by atoms with Gasteiger partial charge in [-0.25, -0.2) is 0 Å². The van der Waals surface area contributed by atoms with Gasteiger partial charge in [0.05, 0.1) is 22.5 Å². The van der Waals surface area contributed by atoms with E-state index in [-0.39, 0.29) is 0 Å². The van der Waals surface area contributed by atoms with Gasteiger partial charge in [-0.05, 0) is 115 Å². The number of anilines is 6. The second-order valence-electron chi connectivity index (χ2n) is 16.0. The van der Waals surface area contributed by atoms with Gasteiger partial charge in [-0.1, -0.05) is 164 Å². The fraction of sp³-hybridized carbons (Fsp3) is 0.0175. The molecular weight excluding hydrogens is 713 g/mol. The highest BCUT2D eigenvalue weighted by Gasteiger charge is 2.51. The minimum absolute atomic E-state index is 0.428. The van der Waals surface area contributed by atoms with E-state index in [1.165, 1.54) is 88.6 Å². The van der Waals surface area contributed by atoms with Crippen LogP contribution in [0.5, 0.6) is 0 Å². The van der Waals surface area contributed by atoms with Gasteiger partial charge in [0.2, 0.25) is 0 Å². The number of nitrogens with zero attached hydrogens (tertiary/aromatic N) is 2. The van der Waals surface area contributed by atoms with Gasteiger partial charge in [-0.15, -0.1) is 0 Å². The Labute approximate surface area is 343 Å². The van der Waals surface area contributed by atoms with E-state index in [1.807, 2.05) is 0 Å². The molecule has 2 heteroatoms. The van der Waals surface area contributed by atoms with E-state index in [1.54, 1.807) is 0 Å². The summed E-state index contributed by atoms with van der Waals surface area (Å²) < 4.78 is 0. The standard InChI is InChI=1S/C57H36N2/c1-2-18-42-37(14-1)15-12-28-53(42)58(39-30-32-40(33-31-39)59-54-27-10-6-22-47(54)48-23-11-16-38-17-13-29-55(59)56(38)48)41-34-35-46-45-21-5-9-26-51(45)57(52(46)36-41)49-24-7-3-19-43(49)44-20-4-8-25-50(44)57/h1-36H. The molecule has 59 heavy (non-hydrogen) atoms. The first-order chi connectivity index (χ1) is 29.3. The third-order valence-corrected chi connectivity index (χ3v) is 13.2. The van der Waals surface area contributed by atoms with E-state index in [2.05, 4.69) is 228 Å². The van der Waals surface area contributed by atoms with E-state index in [4.69, 9.17) is 0 Å². The molecule has 0 saturated carbocycles. The predicted molar refractivity (Wildman–Crippen MR) is 246 cm³/mol. The van der Waals surface area contributed by atoms with Gasteiger partial charge < -0.3 is 9.80 Å². The second-order valence-corrected chi connectivity index (χ2v) is 16.0. The molecule has 0 unspecified atom stereocenters. The molecule has 10 aromatic carbocycles. The second kappa shape index (κ2) is 12.2. The van der Waals surface area contributed by atoms with E-state index in [0.29, 0.717) is 0 Å². The van der Waals surface area contributed by atoms with Crippen LogP contribution in [0.2, 0.25) is 0 Å². The zero-order chi connectivity index (χ0) is 38.7. The lowest BCUT2D eigenvalue weighted by molar-refractivity contribution is 0.793. The Hall–Kier alpha value is -7.68. The van der Waals surface area contributed by atoms with Crippen molar-refractivity contribution in [1.82, 2.24) is 0 Å². The molecule has 1 aliphatic heterocycles. The molecule has 2 nitrogen and oxygen atoms in total. The maximum absolute atomic E-state index is 2.49. The van der Waals surface area contributed by atoms with Crippen LogP contribution in [-0.4, -0.2) is 0 Å². The summed E-state index contributed by atoms with van der Waals surface area (Å²) in [5, 5.41) is 4.97.